The number of benzene rings is 2. The molecule has 4 rings (SSSR count). The van der Waals surface area contributed by atoms with E-state index in [-0.39, 0.29) is 39.5 Å². The topological polar surface area (TPSA) is 132 Å². The molecule has 1 amide bonds. The Labute approximate surface area is 218 Å². The molecular weight excluding hydrogens is 518 g/mol. The average molecular weight is 542 g/mol. The van der Waals surface area contributed by atoms with Crippen LogP contribution < -0.4 is 20.3 Å². The zero-order valence-corrected chi connectivity index (χ0v) is 21.8. The molecule has 0 spiro atoms. The molecular formula is C25H24ClN5O5S. The zero-order valence-electron chi connectivity index (χ0n) is 20.2. The average Bonchev–Trinajstić information content (AvgIpc) is 2.89. The smallest absolute Gasteiger partial charge is 0.262 e. The first-order valence-electron chi connectivity index (χ1n) is 11.2. The molecule has 2 N–H and O–H groups in total. The molecule has 2 aromatic heterocycles. The lowest BCUT2D eigenvalue weighted by molar-refractivity contribution is -0.124. The summed E-state index contributed by atoms with van der Waals surface area (Å²) in [5, 5.41) is 3.20. The van der Waals surface area contributed by atoms with Gasteiger partial charge in [-0.05, 0) is 42.0 Å². The number of fused-ring (bicyclic) bond motifs is 1. The van der Waals surface area contributed by atoms with Crippen molar-refractivity contribution < 1.29 is 17.9 Å². The lowest BCUT2D eigenvalue weighted by Gasteiger charge is -2.14. The van der Waals surface area contributed by atoms with Crippen LogP contribution in [0.15, 0.2) is 70.7 Å². The molecule has 2 heterocycles. The normalized spacial score (nSPS) is 12.2. The van der Waals surface area contributed by atoms with Gasteiger partial charge in [0, 0.05) is 30.4 Å². The molecule has 10 nitrogen and oxygen atoms in total. The number of ether oxygens (including phenoxy) is 1. The predicted octanol–water partition coefficient (Wildman–Crippen LogP) is 3.30. The quantitative estimate of drug-likeness (QED) is 0.350. The molecule has 1 atom stereocenters. The van der Waals surface area contributed by atoms with Crippen molar-refractivity contribution in [2.24, 2.45) is 5.92 Å². The summed E-state index contributed by atoms with van der Waals surface area (Å²) in [6.07, 6.45) is 2.93. The minimum absolute atomic E-state index is 0.0178. The Balaban J connectivity index is 1.73. The van der Waals surface area contributed by atoms with E-state index in [9.17, 15) is 18.0 Å². The molecule has 0 aliphatic rings. The Morgan fingerprint density at radius 2 is 1.92 bits per heavy atom. The molecule has 0 aliphatic carbocycles. The van der Waals surface area contributed by atoms with Gasteiger partial charge < -0.3 is 10.1 Å². The highest BCUT2D eigenvalue weighted by molar-refractivity contribution is 7.92. The van der Waals surface area contributed by atoms with Crippen LogP contribution in [0.25, 0.3) is 22.0 Å². The molecule has 0 saturated carbocycles. The Bertz CT molecular complexity index is 1660. The number of carbonyl (C=O) groups is 1. The van der Waals surface area contributed by atoms with Gasteiger partial charge in [0.25, 0.3) is 15.6 Å². The van der Waals surface area contributed by atoms with E-state index in [1.807, 2.05) is 0 Å². The van der Waals surface area contributed by atoms with Crippen LogP contribution >= 0.6 is 11.6 Å². The van der Waals surface area contributed by atoms with Gasteiger partial charge in [-0.25, -0.2) is 18.4 Å². The summed E-state index contributed by atoms with van der Waals surface area (Å²) in [4.78, 5) is 33.6. The summed E-state index contributed by atoms with van der Waals surface area (Å²) in [7, 11) is -1.07. The van der Waals surface area contributed by atoms with Crippen LogP contribution in [0.3, 0.4) is 0 Å². The third-order valence-electron chi connectivity index (χ3n) is 5.72. The number of hydrogen-bond donors (Lipinski definition) is 2. The summed E-state index contributed by atoms with van der Waals surface area (Å²) >= 11 is 5.96. The van der Waals surface area contributed by atoms with Gasteiger partial charge in [0.05, 0.1) is 35.2 Å². The number of halogens is 1. The number of nitrogens with one attached hydrogen (secondary N) is 2. The first-order valence-corrected chi connectivity index (χ1v) is 13.0. The number of amides is 1. The Hall–Kier alpha value is -3.96. The fraction of sp³-hybridized carbons (Fsp3) is 0.200. The van der Waals surface area contributed by atoms with Gasteiger partial charge in [-0.3, -0.25) is 18.9 Å². The number of nitrogens with zero attached hydrogens (tertiary/aromatic N) is 3. The number of hydrogen-bond acceptors (Lipinski definition) is 7. The van der Waals surface area contributed by atoms with Crippen molar-refractivity contribution in [3.8, 4) is 17.0 Å². The zero-order chi connectivity index (χ0) is 26.7. The van der Waals surface area contributed by atoms with E-state index in [0.717, 1.165) is 0 Å². The Morgan fingerprint density at radius 1 is 1.14 bits per heavy atom. The van der Waals surface area contributed by atoms with E-state index < -0.39 is 15.9 Å². The van der Waals surface area contributed by atoms with Crippen molar-refractivity contribution in [3.05, 3.63) is 76.4 Å². The van der Waals surface area contributed by atoms with Crippen LogP contribution in [0.5, 0.6) is 5.88 Å². The van der Waals surface area contributed by atoms with Gasteiger partial charge in [0.15, 0.2) is 0 Å². The van der Waals surface area contributed by atoms with Crippen molar-refractivity contribution in [3.63, 3.8) is 0 Å². The van der Waals surface area contributed by atoms with Gasteiger partial charge in [0.2, 0.25) is 11.8 Å². The lowest BCUT2D eigenvalue weighted by atomic mass is 10.0. The van der Waals surface area contributed by atoms with Crippen LogP contribution in [0, 0.1) is 5.92 Å². The number of pyridine rings is 1. The fourth-order valence-electron chi connectivity index (χ4n) is 3.78. The predicted molar refractivity (Wildman–Crippen MR) is 141 cm³/mol. The van der Waals surface area contributed by atoms with Gasteiger partial charge in [-0.2, -0.15) is 0 Å². The molecule has 4 aromatic rings. The van der Waals surface area contributed by atoms with Gasteiger partial charge in [-0.15, -0.1) is 0 Å². The maximum absolute atomic E-state index is 13.2. The summed E-state index contributed by atoms with van der Waals surface area (Å²) < 4.78 is 35.0. The fourth-order valence-corrected chi connectivity index (χ4v) is 5.13. The number of methoxy groups -OCH3 is 1. The maximum atomic E-state index is 13.2. The van der Waals surface area contributed by atoms with E-state index in [0.29, 0.717) is 22.0 Å². The second kappa shape index (κ2) is 10.6. The highest BCUT2D eigenvalue weighted by atomic mass is 35.5. The molecule has 1 unspecified atom stereocenters. The monoisotopic (exact) mass is 541 g/mol. The van der Waals surface area contributed by atoms with Gasteiger partial charge in [-0.1, -0.05) is 30.7 Å². The standard InChI is InChI=1S/C25H24ClN5O5S/c1-15(23(32)27-2)13-31-14-29-21-8-7-16(9-20(21)25(31)33)17-10-22(24(36-3)28-12-17)30-37(34,35)19-6-4-5-18(26)11-19/h4-12,14-15,30H,13H2,1-3H3,(H,27,32). The Kier molecular flexibility index (Phi) is 7.46. The second-order valence-electron chi connectivity index (χ2n) is 8.29. The summed E-state index contributed by atoms with van der Waals surface area (Å²) in [6.45, 7) is 1.89. The minimum Gasteiger partial charge on any atom is -0.480 e. The number of rotatable bonds is 8. The SMILES string of the molecule is CNC(=O)C(C)Cn1cnc2ccc(-c3cnc(OC)c(NS(=O)(=O)c4cccc(Cl)c4)c3)cc2c1=O. The molecule has 192 valence electrons. The van der Waals surface area contributed by atoms with Crippen LogP contribution in [-0.2, 0) is 21.4 Å². The molecule has 37 heavy (non-hydrogen) atoms. The first kappa shape index (κ1) is 26.1. The van der Waals surface area contributed by atoms with Crippen molar-refractivity contribution in [1.82, 2.24) is 19.9 Å². The van der Waals surface area contributed by atoms with E-state index >= 15 is 0 Å². The van der Waals surface area contributed by atoms with Crippen molar-refractivity contribution in [2.75, 3.05) is 18.9 Å². The summed E-state index contributed by atoms with van der Waals surface area (Å²) in [5.74, 6) is -0.536. The Morgan fingerprint density at radius 3 is 2.62 bits per heavy atom. The minimum atomic E-state index is -3.99. The van der Waals surface area contributed by atoms with E-state index in [1.54, 1.807) is 44.3 Å². The van der Waals surface area contributed by atoms with Crippen molar-refractivity contribution in [2.45, 2.75) is 18.4 Å². The highest BCUT2D eigenvalue weighted by Gasteiger charge is 2.19. The van der Waals surface area contributed by atoms with Crippen molar-refractivity contribution in [1.29, 1.82) is 0 Å². The summed E-state index contributed by atoms with van der Waals surface area (Å²) in [5.41, 5.74) is 1.46. The van der Waals surface area contributed by atoms with Gasteiger partial charge in [0.1, 0.15) is 5.69 Å². The second-order valence-corrected chi connectivity index (χ2v) is 10.4. The number of carbonyl (C=O) groups excluding carboxylic acids is 1. The third kappa shape index (κ3) is 5.57. The van der Waals surface area contributed by atoms with Crippen molar-refractivity contribution >= 4 is 44.1 Å². The highest BCUT2D eigenvalue weighted by Crippen LogP contribution is 2.31. The van der Waals surface area contributed by atoms with Crippen LogP contribution in [0.2, 0.25) is 5.02 Å². The number of sulfonamides is 1. The maximum Gasteiger partial charge on any atom is 0.262 e. The first-order chi connectivity index (χ1) is 17.6. The lowest BCUT2D eigenvalue weighted by Crippen LogP contribution is -2.32. The number of aromatic nitrogens is 3. The molecule has 0 aliphatic heterocycles. The molecule has 12 heteroatoms. The molecule has 0 bridgehead atoms. The van der Waals surface area contributed by atoms with E-state index in [4.69, 9.17) is 16.3 Å². The van der Waals surface area contributed by atoms with Crippen LogP contribution in [0.1, 0.15) is 6.92 Å². The molecule has 0 radical (unpaired) electrons. The summed E-state index contributed by atoms with van der Waals surface area (Å²) in [6, 6.07) is 12.5. The molecule has 0 saturated heterocycles. The van der Waals surface area contributed by atoms with Gasteiger partial charge >= 0.3 is 0 Å². The van der Waals surface area contributed by atoms with E-state index in [1.165, 1.54) is 42.4 Å². The third-order valence-corrected chi connectivity index (χ3v) is 7.32. The molecule has 0 fully saturated rings. The van der Waals surface area contributed by atoms with Crippen LogP contribution in [-0.4, -0.2) is 43.0 Å². The number of anilines is 1. The van der Waals surface area contributed by atoms with E-state index in [2.05, 4.69) is 20.0 Å². The largest absolute Gasteiger partial charge is 0.480 e. The van der Waals surface area contributed by atoms with Crippen LogP contribution in [0.4, 0.5) is 5.69 Å². The molecule has 2 aromatic carbocycles.